The second kappa shape index (κ2) is 6.64. The number of carbonyl (C=O) groups excluding carboxylic acids is 1. The highest BCUT2D eigenvalue weighted by atomic mass is 19.3. The molecule has 102 valence electrons. The largest absolute Gasteiger partial charge is 0.466 e. The van der Waals surface area contributed by atoms with E-state index in [9.17, 15) is 18.0 Å². The van der Waals surface area contributed by atoms with Gasteiger partial charge in [0.2, 0.25) is 0 Å². The van der Waals surface area contributed by atoms with Gasteiger partial charge in [0, 0.05) is 5.56 Å². The average Bonchev–Trinajstić information content (AvgIpc) is 2.34. The molecule has 0 spiro atoms. The van der Waals surface area contributed by atoms with E-state index >= 15 is 0 Å². The first-order chi connectivity index (χ1) is 8.99. The summed E-state index contributed by atoms with van der Waals surface area (Å²) in [6.45, 7) is -1.56. The van der Waals surface area contributed by atoms with Crippen molar-refractivity contribution in [2.24, 2.45) is 0 Å². The maximum atomic E-state index is 13.9. The topological polar surface area (TPSA) is 59.3 Å². The zero-order chi connectivity index (χ0) is 14.4. The van der Waals surface area contributed by atoms with Crippen molar-refractivity contribution in [3.63, 3.8) is 0 Å². The van der Waals surface area contributed by atoms with Gasteiger partial charge in [-0.2, -0.15) is 14.0 Å². The molecule has 0 saturated carbocycles. The smallest absolute Gasteiger partial charge is 0.387 e. The van der Waals surface area contributed by atoms with Gasteiger partial charge in [-0.05, 0) is 13.0 Å². The summed E-state index contributed by atoms with van der Waals surface area (Å²) in [5, 5.41) is 8.68. The molecule has 0 fully saturated rings. The number of rotatable bonds is 5. The van der Waals surface area contributed by atoms with Crippen molar-refractivity contribution in [3.8, 4) is 11.8 Å². The molecule has 0 heterocycles. The summed E-state index contributed by atoms with van der Waals surface area (Å²) in [6.07, 6.45) is -0.426. The van der Waals surface area contributed by atoms with E-state index in [1.165, 1.54) is 6.07 Å². The van der Waals surface area contributed by atoms with E-state index in [1.807, 2.05) is 0 Å². The normalized spacial score (nSPS) is 10.1. The number of nitriles is 1. The highest BCUT2D eigenvalue weighted by molar-refractivity contribution is 5.73. The molecule has 1 aromatic rings. The van der Waals surface area contributed by atoms with Crippen LogP contribution in [0.5, 0.6) is 5.75 Å². The Labute approximate surface area is 107 Å². The van der Waals surface area contributed by atoms with E-state index < -0.39 is 30.6 Å². The summed E-state index contributed by atoms with van der Waals surface area (Å²) in [7, 11) is 0. The fraction of sp³-hybridized carbons (Fsp3) is 0.333. The first kappa shape index (κ1) is 14.8. The van der Waals surface area contributed by atoms with Crippen LogP contribution in [0.1, 0.15) is 18.1 Å². The molecule has 4 nitrogen and oxygen atoms in total. The zero-order valence-corrected chi connectivity index (χ0v) is 9.95. The minimum atomic E-state index is -3.26. The molecule has 1 rings (SSSR count). The molecule has 0 bridgehead atoms. The first-order valence-corrected chi connectivity index (χ1v) is 5.31. The average molecular weight is 273 g/mol. The maximum Gasteiger partial charge on any atom is 0.387 e. The summed E-state index contributed by atoms with van der Waals surface area (Å²) < 4.78 is 46.7. The highest BCUT2D eigenvalue weighted by Crippen LogP contribution is 2.27. The van der Waals surface area contributed by atoms with Gasteiger partial charge in [0.05, 0.1) is 18.6 Å². The standard InChI is InChI=1S/C12H10F3NO3/c1-2-18-9(17)5-7-3-4-8(6-16)11(10(7)13)19-12(14)15/h3-4,12H,2,5H2,1H3. The Morgan fingerprint density at radius 3 is 2.68 bits per heavy atom. The second-order valence-electron chi connectivity index (χ2n) is 3.39. The zero-order valence-electron chi connectivity index (χ0n) is 9.95. The summed E-state index contributed by atoms with van der Waals surface area (Å²) >= 11 is 0. The van der Waals surface area contributed by atoms with Gasteiger partial charge in [-0.15, -0.1) is 0 Å². The molecular formula is C12H10F3NO3. The molecule has 0 aliphatic rings. The van der Waals surface area contributed by atoms with Gasteiger partial charge in [-0.1, -0.05) is 6.07 Å². The van der Waals surface area contributed by atoms with Crippen LogP contribution >= 0.6 is 0 Å². The molecule has 0 N–H and O–H groups in total. The van der Waals surface area contributed by atoms with Gasteiger partial charge in [-0.3, -0.25) is 4.79 Å². The van der Waals surface area contributed by atoms with Crippen molar-refractivity contribution in [2.45, 2.75) is 20.0 Å². The number of alkyl halides is 2. The molecule has 0 aliphatic carbocycles. The molecule has 0 radical (unpaired) electrons. The minimum absolute atomic E-state index is 0.122. The van der Waals surface area contributed by atoms with Gasteiger partial charge in [-0.25, -0.2) is 4.39 Å². The summed E-state index contributed by atoms with van der Waals surface area (Å²) in [5.41, 5.74) is -0.543. The molecule has 19 heavy (non-hydrogen) atoms. The van der Waals surface area contributed by atoms with Gasteiger partial charge in [0.25, 0.3) is 0 Å². The van der Waals surface area contributed by atoms with Crippen LogP contribution in [0.2, 0.25) is 0 Å². The third-order valence-corrected chi connectivity index (χ3v) is 2.14. The molecule has 0 atom stereocenters. The van der Waals surface area contributed by atoms with Crippen LogP contribution in [0.15, 0.2) is 12.1 Å². The van der Waals surface area contributed by atoms with Gasteiger partial charge >= 0.3 is 12.6 Å². The van der Waals surface area contributed by atoms with E-state index in [0.29, 0.717) is 0 Å². The van der Waals surface area contributed by atoms with Crippen molar-refractivity contribution < 1.29 is 27.4 Å². The van der Waals surface area contributed by atoms with Crippen LogP contribution in [-0.4, -0.2) is 19.2 Å². The van der Waals surface area contributed by atoms with E-state index in [-0.39, 0.29) is 17.7 Å². The summed E-state index contributed by atoms with van der Waals surface area (Å²) in [4.78, 5) is 11.2. The number of hydrogen-bond donors (Lipinski definition) is 0. The number of hydrogen-bond acceptors (Lipinski definition) is 4. The number of ether oxygens (including phenoxy) is 2. The van der Waals surface area contributed by atoms with Gasteiger partial charge in [0.1, 0.15) is 6.07 Å². The van der Waals surface area contributed by atoms with Crippen molar-refractivity contribution in [1.29, 1.82) is 5.26 Å². The molecule has 0 unspecified atom stereocenters. The van der Waals surface area contributed by atoms with E-state index in [0.717, 1.165) is 12.1 Å². The third kappa shape index (κ3) is 3.88. The van der Waals surface area contributed by atoms with Crippen molar-refractivity contribution >= 4 is 5.97 Å². The van der Waals surface area contributed by atoms with Crippen LogP contribution in [0.25, 0.3) is 0 Å². The van der Waals surface area contributed by atoms with E-state index in [1.54, 1.807) is 6.92 Å². The van der Waals surface area contributed by atoms with Crippen molar-refractivity contribution in [3.05, 3.63) is 29.1 Å². The molecule has 0 amide bonds. The number of nitrogens with zero attached hydrogens (tertiary/aromatic N) is 1. The summed E-state index contributed by atoms with van der Waals surface area (Å²) in [5.74, 6) is -2.72. The lowest BCUT2D eigenvalue weighted by Crippen LogP contribution is -2.11. The monoisotopic (exact) mass is 273 g/mol. The molecule has 1 aromatic carbocycles. The van der Waals surface area contributed by atoms with Crippen LogP contribution in [0.4, 0.5) is 13.2 Å². The minimum Gasteiger partial charge on any atom is -0.466 e. The molecular weight excluding hydrogens is 263 g/mol. The molecule has 0 aliphatic heterocycles. The Balaban J connectivity index is 3.09. The Bertz CT molecular complexity index is 512. The fourth-order valence-electron chi connectivity index (χ4n) is 1.39. The number of esters is 1. The lowest BCUT2D eigenvalue weighted by atomic mass is 10.1. The Hall–Kier alpha value is -2.23. The lowest BCUT2D eigenvalue weighted by Gasteiger charge is -2.10. The van der Waals surface area contributed by atoms with Crippen molar-refractivity contribution in [1.82, 2.24) is 0 Å². The van der Waals surface area contributed by atoms with Crippen LogP contribution < -0.4 is 4.74 Å². The van der Waals surface area contributed by atoms with Gasteiger partial charge < -0.3 is 9.47 Å². The Kier molecular flexibility index (Phi) is 5.18. The molecule has 0 saturated heterocycles. The fourth-order valence-corrected chi connectivity index (χ4v) is 1.39. The van der Waals surface area contributed by atoms with Crippen molar-refractivity contribution in [2.75, 3.05) is 6.61 Å². The van der Waals surface area contributed by atoms with E-state index in [2.05, 4.69) is 9.47 Å². The molecule has 7 heteroatoms. The quantitative estimate of drug-likeness (QED) is 0.773. The van der Waals surface area contributed by atoms with Crippen LogP contribution in [-0.2, 0) is 16.0 Å². The predicted octanol–water partition coefficient (Wildman–Crippen LogP) is 2.40. The lowest BCUT2D eigenvalue weighted by molar-refractivity contribution is -0.142. The maximum absolute atomic E-state index is 13.9. The summed E-state index contributed by atoms with van der Waals surface area (Å²) in [6, 6.07) is 3.80. The molecule has 0 aromatic heterocycles. The number of halogens is 3. The Morgan fingerprint density at radius 2 is 2.16 bits per heavy atom. The number of benzene rings is 1. The third-order valence-electron chi connectivity index (χ3n) is 2.14. The van der Waals surface area contributed by atoms with Crippen LogP contribution in [0, 0.1) is 17.1 Å². The van der Waals surface area contributed by atoms with E-state index in [4.69, 9.17) is 5.26 Å². The first-order valence-electron chi connectivity index (χ1n) is 5.31. The highest BCUT2D eigenvalue weighted by Gasteiger charge is 2.20. The number of carbonyl (C=O) groups is 1. The Morgan fingerprint density at radius 1 is 1.47 bits per heavy atom. The van der Waals surface area contributed by atoms with Gasteiger partial charge in [0.15, 0.2) is 11.6 Å². The SMILES string of the molecule is CCOC(=O)Cc1ccc(C#N)c(OC(F)F)c1F. The second-order valence-corrected chi connectivity index (χ2v) is 3.39. The van der Waals surface area contributed by atoms with Crippen LogP contribution in [0.3, 0.4) is 0 Å². The predicted molar refractivity (Wildman–Crippen MR) is 58.1 cm³/mol.